The second-order valence-electron chi connectivity index (χ2n) is 4.58. The molecule has 0 fully saturated rings. The Balaban J connectivity index is 2.01. The van der Waals surface area contributed by atoms with Gasteiger partial charge in [-0.2, -0.15) is 5.26 Å². The highest BCUT2D eigenvalue weighted by atomic mass is 79.9. The van der Waals surface area contributed by atoms with E-state index in [2.05, 4.69) is 26.6 Å². The molecule has 0 saturated carbocycles. The fraction of sp³-hybridized carbons (Fsp3) is 0.0588. The number of para-hydroxylation sites is 1. The number of nitrogens with zero attached hydrogens (tertiary/aromatic N) is 1. The van der Waals surface area contributed by atoms with E-state index < -0.39 is 5.91 Å². The van der Waals surface area contributed by atoms with Gasteiger partial charge in [0.1, 0.15) is 11.6 Å². The smallest absolute Gasteiger partial charge is 0.267 e. The SMILES string of the molecule is N#C/C(=C/NCc1ccccc1Br)C(=O)Nc1ccccc1Cl. The third-order valence-electron chi connectivity index (χ3n) is 2.98. The van der Waals surface area contributed by atoms with Gasteiger partial charge in [-0.15, -0.1) is 0 Å². The summed E-state index contributed by atoms with van der Waals surface area (Å²) in [6.07, 6.45) is 1.39. The lowest BCUT2D eigenvalue weighted by molar-refractivity contribution is -0.112. The van der Waals surface area contributed by atoms with Gasteiger partial charge in [-0.1, -0.05) is 57.9 Å². The number of amides is 1. The minimum absolute atomic E-state index is 0.0306. The summed E-state index contributed by atoms with van der Waals surface area (Å²) < 4.78 is 0.958. The Morgan fingerprint density at radius 1 is 1.22 bits per heavy atom. The molecule has 0 bridgehead atoms. The molecule has 0 atom stereocenters. The minimum atomic E-state index is -0.514. The summed E-state index contributed by atoms with van der Waals surface area (Å²) in [5.41, 5.74) is 1.45. The van der Waals surface area contributed by atoms with Gasteiger partial charge in [0.2, 0.25) is 0 Å². The van der Waals surface area contributed by atoms with Crippen LogP contribution in [0.4, 0.5) is 5.69 Å². The van der Waals surface area contributed by atoms with E-state index in [-0.39, 0.29) is 5.57 Å². The molecule has 2 aromatic rings. The molecule has 2 rings (SSSR count). The average molecular weight is 391 g/mol. The maximum Gasteiger partial charge on any atom is 0.267 e. The van der Waals surface area contributed by atoms with Gasteiger partial charge in [-0.05, 0) is 23.8 Å². The van der Waals surface area contributed by atoms with Crippen molar-refractivity contribution in [2.45, 2.75) is 6.54 Å². The van der Waals surface area contributed by atoms with E-state index in [1.807, 2.05) is 30.3 Å². The first-order valence-electron chi connectivity index (χ1n) is 6.74. The van der Waals surface area contributed by atoms with Gasteiger partial charge in [0, 0.05) is 17.2 Å². The number of anilines is 1. The van der Waals surface area contributed by atoms with Crippen LogP contribution in [0.2, 0.25) is 5.02 Å². The van der Waals surface area contributed by atoms with E-state index in [4.69, 9.17) is 16.9 Å². The number of nitrogens with one attached hydrogen (secondary N) is 2. The van der Waals surface area contributed by atoms with Gasteiger partial charge < -0.3 is 10.6 Å². The molecule has 1 amide bonds. The lowest BCUT2D eigenvalue weighted by Gasteiger charge is -2.07. The summed E-state index contributed by atoms with van der Waals surface area (Å²) in [4.78, 5) is 12.1. The van der Waals surface area contributed by atoms with E-state index in [1.54, 1.807) is 24.3 Å². The Morgan fingerprint density at radius 2 is 1.91 bits per heavy atom. The highest BCUT2D eigenvalue weighted by Gasteiger charge is 2.10. The van der Waals surface area contributed by atoms with Crippen LogP contribution in [0, 0.1) is 11.3 Å². The van der Waals surface area contributed by atoms with Crippen LogP contribution in [0.3, 0.4) is 0 Å². The first-order valence-corrected chi connectivity index (χ1v) is 7.92. The van der Waals surface area contributed by atoms with Crippen LogP contribution in [-0.4, -0.2) is 5.91 Å². The summed E-state index contributed by atoms with van der Waals surface area (Å²) in [5, 5.41) is 15.1. The monoisotopic (exact) mass is 389 g/mol. The average Bonchev–Trinajstić information content (AvgIpc) is 2.55. The molecule has 0 unspecified atom stereocenters. The topological polar surface area (TPSA) is 64.9 Å². The second-order valence-corrected chi connectivity index (χ2v) is 5.84. The van der Waals surface area contributed by atoms with Crippen LogP contribution in [-0.2, 0) is 11.3 Å². The van der Waals surface area contributed by atoms with E-state index in [1.165, 1.54) is 6.20 Å². The Morgan fingerprint density at radius 3 is 2.61 bits per heavy atom. The van der Waals surface area contributed by atoms with Crippen LogP contribution in [0.1, 0.15) is 5.56 Å². The molecular formula is C17H13BrClN3O. The number of hydrogen-bond acceptors (Lipinski definition) is 3. The number of hydrogen-bond donors (Lipinski definition) is 2. The summed E-state index contributed by atoms with van der Waals surface area (Å²) in [6.45, 7) is 0.492. The number of carbonyl (C=O) groups excluding carboxylic acids is 1. The third-order valence-corrected chi connectivity index (χ3v) is 4.09. The van der Waals surface area contributed by atoms with Crippen LogP contribution in [0.15, 0.2) is 64.8 Å². The Kier molecular flexibility index (Phi) is 6.21. The van der Waals surface area contributed by atoms with Gasteiger partial charge in [0.25, 0.3) is 5.91 Å². The first-order chi connectivity index (χ1) is 11.1. The zero-order valence-electron chi connectivity index (χ0n) is 12.0. The molecule has 0 aromatic heterocycles. The number of nitriles is 1. The van der Waals surface area contributed by atoms with Gasteiger partial charge >= 0.3 is 0 Å². The van der Waals surface area contributed by atoms with Crippen molar-refractivity contribution in [2.75, 3.05) is 5.32 Å². The zero-order chi connectivity index (χ0) is 16.7. The van der Waals surface area contributed by atoms with Gasteiger partial charge in [0.05, 0.1) is 10.7 Å². The third kappa shape index (κ3) is 4.85. The van der Waals surface area contributed by atoms with Crippen molar-refractivity contribution in [3.63, 3.8) is 0 Å². The normalized spacial score (nSPS) is 10.7. The quantitative estimate of drug-likeness (QED) is 0.593. The van der Waals surface area contributed by atoms with Crippen molar-refractivity contribution in [1.29, 1.82) is 5.26 Å². The van der Waals surface area contributed by atoms with Crippen molar-refractivity contribution in [1.82, 2.24) is 5.32 Å². The fourth-order valence-electron chi connectivity index (χ4n) is 1.81. The largest absolute Gasteiger partial charge is 0.386 e. The molecule has 2 aromatic carbocycles. The van der Waals surface area contributed by atoms with Crippen LogP contribution >= 0.6 is 27.5 Å². The van der Waals surface area contributed by atoms with Crippen LogP contribution in [0.5, 0.6) is 0 Å². The van der Waals surface area contributed by atoms with Gasteiger partial charge in [-0.3, -0.25) is 4.79 Å². The molecule has 23 heavy (non-hydrogen) atoms. The van der Waals surface area contributed by atoms with E-state index in [9.17, 15) is 4.79 Å². The standard InChI is InChI=1S/C17H13BrClN3O/c18-14-6-2-1-5-12(14)10-21-11-13(9-20)17(23)22-16-8-4-3-7-15(16)19/h1-8,11,21H,10H2,(H,22,23)/b13-11-. The molecule has 0 spiro atoms. The molecule has 2 N–H and O–H groups in total. The first kappa shape index (κ1) is 17.1. The maximum absolute atomic E-state index is 12.1. The Bertz CT molecular complexity index is 783. The maximum atomic E-state index is 12.1. The predicted molar refractivity (Wildman–Crippen MR) is 94.8 cm³/mol. The molecule has 0 aliphatic carbocycles. The van der Waals surface area contributed by atoms with Crippen molar-refractivity contribution in [3.05, 3.63) is 75.4 Å². The Labute approximate surface area is 147 Å². The van der Waals surface area contributed by atoms with E-state index in [0.29, 0.717) is 17.3 Å². The van der Waals surface area contributed by atoms with Crippen molar-refractivity contribution in [2.24, 2.45) is 0 Å². The molecule has 116 valence electrons. The molecule has 0 radical (unpaired) electrons. The molecule has 0 heterocycles. The van der Waals surface area contributed by atoms with Gasteiger partial charge in [-0.25, -0.2) is 0 Å². The lowest BCUT2D eigenvalue weighted by atomic mass is 10.2. The highest BCUT2D eigenvalue weighted by Crippen LogP contribution is 2.21. The van der Waals surface area contributed by atoms with Gasteiger partial charge in [0.15, 0.2) is 0 Å². The predicted octanol–water partition coefficient (Wildman–Crippen LogP) is 4.24. The fourth-order valence-corrected chi connectivity index (χ4v) is 2.41. The van der Waals surface area contributed by atoms with Crippen molar-refractivity contribution >= 4 is 39.1 Å². The van der Waals surface area contributed by atoms with Crippen LogP contribution in [0.25, 0.3) is 0 Å². The zero-order valence-corrected chi connectivity index (χ0v) is 14.4. The van der Waals surface area contributed by atoms with E-state index >= 15 is 0 Å². The molecular weight excluding hydrogens is 378 g/mol. The summed E-state index contributed by atoms with van der Waals surface area (Å²) in [6, 6.07) is 16.4. The molecule has 4 nitrogen and oxygen atoms in total. The number of halogens is 2. The summed E-state index contributed by atoms with van der Waals surface area (Å²) in [5.74, 6) is -0.514. The molecule has 0 aliphatic rings. The Hall–Kier alpha value is -2.29. The van der Waals surface area contributed by atoms with Crippen LogP contribution < -0.4 is 10.6 Å². The van der Waals surface area contributed by atoms with Crippen molar-refractivity contribution in [3.8, 4) is 6.07 Å². The molecule has 0 aliphatic heterocycles. The second kappa shape index (κ2) is 8.37. The number of benzene rings is 2. The lowest BCUT2D eigenvalue weighted by Crippen LogP contribution is -2.17. The molecule has 0 saturated heterocycles. The summed E-state index contributed by atoms with van der Waals surface area (Å²) in [7, 11) is 0. The minimum Gasteiger partial charge on any atom is -0.386 e. The highest BCUT2D eigenvalue weighted by molar-refractivity contribution is 9.10. The number of carbonyl (C=O) groups is 1. The van der Waals surface area contributed by atoms with Crippen molar-refractivity contribution < 1.29 is 4.79 Å². The van der Waals surface area contributed by atoms with E-state index in [0.717, 1.165) is 10.0 Å². The number of rotatable bonds is 5. The molecule has 6 heteroatoms. The summed E-state index contributed by atoms with van der Waals surface area (Å²) >= 11 is 9.42.